The van der Waals surface area contributed by atoms with Crippen LogP contribution in [0.15, 0.2) is 24.8 Å². The number of carbonyl (C=O) groups is 1. The highest BCUT2D eigenvalue weighted by molar-refractivity contribution is 5.62. The van der Waals surface area contributed by atoms with Crippen molar-refractivity contribution in [2.24, 2.45) is 0 Å². The summed E-state index contributed by atoms with van der Waals surface area (Å²) in [7, 11) is 0. The maximum Gasteiger partial charge on any atom is 0.300 e. The zero-order valence-corrected chi connectivity index (χ0v) is 12.2. The third-order valence-corrected chi connectivity index (χ3v) is 2.42. The number of allylic oxidation sites excluding steroid dienone is 3. The third-order valence-electron chi connectivity index (χ3n) is 2.42. The summed E-state index contributed by atoms with van der Waals surface area (Å²) in [5.74, 6) is -0.833. The Morgan fingerprint density at radius 2 is 1.44 bits per heavy atom. The van der Waals surface area contributed by atoms with Crippen molar-refractivity contribution in [2.75, 3.05) is 0 Å². The van der Waals surface area contributed by atoms with Gasteiger partial charge < -0.3 is 5.11 Å². The molecule has 0 saturated heterocycles. The highest BCUT2D eigenvalue weighted by Crippen LogP contribution is 2.05. The molecule has 2 heteroatoms. The minimum Gasteiger partial charge on any atom is -0.481 e. The molecular formula is C16H30O2. The van der Waals surface area contributed by atoms with Gasteiger partial charge >= 0.3 is 0 Å². The summed E-state index contributed by atoms with van der Waals surface area (Å²) < 4.78 is 0. The number of hydrogen-bond acceptors (Lipinski definition) is 1. The maximum atomic E-state index is 9.00. The van der Waals surface area contributed by atoms with Crippen molar-refractivity contribution in [3.8, 4) is 0 Å². The lowest BCUT2D eigenvalue weighted by atomic mass is 10.1. The zero-order valence-electron chi connectivity index (χ0n) is 12.2. The average Bonchev–Trinajstić information content (AvgIpc) is 2.31. The predicted octanol–water partition coefficient (Wildman–Crippen LogP) is 5.35. The van der Waals surface area contributed by atoms with Crippen LogP contribution in [0.5, 0.6) is 0 Å². The summed E-state index contributed by atoms with van der Waals surface area (Å²) >= 11 is 0. The molecule has 0 aromatic carbocycles. The minimum atomic E-state index is -0.833. The average molecular weight is 254 g/mol. The molecule has 0 aromatic heterocycles. The van der Waals surface area contributed by atoms with Crippen LogP contribution in [0.3, 0.4) is 0 Å². The topological polar surface area (TPSA) is 37.3 Å². The van der Waals surface area contributed by atoms with E-state index in [-0.39, 0.29) is 0 Å². The zero-order chi connectivity index (χ0) is 14.1. The second-order valence-electron chi connectivity index (χ2n) is 4.41. The van der Waals surface area contributed by atoms with Gasteiger partial charge in [-0.3, -0.25) is 4.79 Å². The minimum absolute atomic E-state index is 0.833. The van der Waals surface area contributed by atoms with E-state index in [1.807, 2.05) is 6.08 Å². The normalized spacial score (nSPS) is 9.89. The fraction of sp³-hybridized carbons (Fsp3) is 0.688. The van der Waals surface area contributed by atoms with Gasteiger partial charge in [0.15, 0.2) is 0 Å². The summed E-state index contributed by atoms with van der Waals surface area (Å²) in [6.07, 6.45) is 18.5. The molecule has 0 atom stereocenters. The fourth-order valence-electron chi connectivity index (χ4n) is 1.48. The van der Waals surface area contributed by atoms with Crippen LogP contribution in [0.2, 0.25) is 0 Å². The molecule has 0 amide bonds. The van der Waals surface area contributed by atoms with Crippen LogP contribution in [0.25, 0.3) is 0 Å². The van der Waals surface area contributed by atoms with Gasteiger partial charge in [0.1, 0.15) is 0 Å². The molecule has 18 heavy (non-hydrogen) atoms. The molecule has 0 aliphatic rings. The first-order valence-corrected chi connectivity index (χ1v) is 7.10. The van der Waals surface area contributed by atoms with Crippen LogP contribution in [-0.4, -0.2) is 11.1 Å². The molecule has 0 unspecified atom stereocenters. The molecule has 1 N–H and O–H groups in total. The van der Waals surface area contributed by atoms with Gasteiger partial charge in [-0.1, -0.05) is 44.4 Å². The monoisotopic (exact) mass is 254 g/mol. The Hall–Kier alpha value is -1.05. The molecule has 0 rings (SSSR count). The fourth-order valence-corrected chi connectivity index (χ4v) is 1.48. The van der Waals surface area contributed by atoms with Gasteiger partial charge in [0.2, 0.25) is 0 Å². The van der Waals surface area contributed by atoms with Crippen molar-refractivity contribution in [1.29, 1.82) is 0 Å². The summed E-state index contributed by atoms with van der Waals surface area (Å²) in [6.45, 7) is 7.06. The van der Waals surface area contributed by atoms with Crippen LogP contribution in [0.4, 0.5) is 0 Å². The lowest BCUT2D eigenvalue weighted by Crippen LogP contribution is -1.78. The summed E-state index contributed by atoms with van der Waals surface area (Å²) in [5, 5.41) is 7.42. The Morgan fingerprint density at radius 3 is 1.89 bits per heavy atom. The lowest BCUT2D eigenvalue weighted by molar-refractivity contribution is -0.134. The van der Waals surface area contributed by atoms with Crippen LogP contribution in [0, 0.1) is 0 Å². The first kappa shape index (κ1) is 19.3. The predicted molar refractivity (Wildman–Crippen MR) is 79.9 cm³/mol. The highest BCUT2D eigenvalue weighted by atomic mass is 16.4. The van der Waals surface area contributed by atoms with E-state index in [1.165, 1.54) is 57.8 Å². The van der Waals surface area contributed by atoms with Crippen molar-refractivity contribution < 1.29 is 9.90 Å². The number of unbranched alkanes of at least 4 members (excludes halogenated alkanes) is 7. The SMILES string of the molecule is C=CCCCCC/C=C\CCCCC.CC(=O)O. The van der Waals surface area contributed by atoms with Gasteiger partial charge in [-0.25, -0.2) is 0 Å². The molecule has 0 aliphatic carbocycles. The summed E-state index contributed by atoms with van der Waals surface area (Å²) in [6, 6.07) is 0. The van der Waals surface area contributed by atoms with Crippen molar-refractivity contribution >= 4 is 5.97 Å². The molecule has 106 valence electrons. The standard InChI is InChI=1S/C14H26.C2H4O2/c1-3-5-7-9-11-13-14-12-10-8-6-4-2;1-2(3)4/h3,12,14H,1,4-11,13H2,2H3;1H3,(H,3,4)/b14-12-;. The second kappa shape index (κ2) is 18.3. The Kier molecular flexibility index (Phi) is 19.6. The molecule has 0 bridgehead atoms. The number of carboxylic acids is 1. The molecule has 0 spiro atoms. The Balaban J connectivity index is 0. The largest absolute Gasteiger partial charge is 0.481 e. The molecule has 0 saturated carbocycles. The molecule has 0 aromatic rings. The molecular weight excluding hydrogens is 224 g/mol. The van der Waals surface area contributed by atoms with E-state index in [2.05, 4.69) is 25.7 Å². The summed E-state index contributed by atoms with van der Waals surface area (Å²) in [4.78, 5) is 9.00. The first-order chi connectivity index (χ1) is 8.65. The van der Waals surface area contributed by atoms with Crippen molar-refractivity contribution in [1.82, 2.24) is 0 Å². The smallest absolute Gasteiger partial charge is 0.300 e. The molecule has 0 radical (unpaired) electrons. The van der Waals surface area contributed by atoms with Crippen LogP contribution in [-0.2, 0) is 4.79 Å². The van der Waals surface area contributed by atoms with E-state index in [4.69, 9.17) is 9.90 Å². The van der Waals surface area contributed by atoms with Gasteiger partial charge in [-0.2, -0.15) is 0 Å². The molecule has 0 aliphatic heterocycles. The molecule has 0 heterocycles. The van der Waals surface area contributed by atoms with E-state index in [0.717, 1.165) is 6.92 Å². The van der Waals surface area contributed by atoms with E-state index in [9.17, 15) is 0 Å². The first-order valence-electron chi connectivity index (χ1n) is 7.10. The molecule has 2 nitrogen and oxygen atoms in total. The van der Waals surface area contributed by atoms with Crippen molar-refractivity contribution in [3.63, 3.8) is 0 Å². The summed E-state index contributed by atoms with van der Waals surface area (Å²) in [5.41, 5.74) is 0. The number of rotatable bonds is 10. The molecule has 0 fully saturated rings. The second-order valence-corrected chi connectivity index (χ2v) is 4.41. The van der Waals surface area contributed by atoms with Gasteiger partial charge in [-0.05, 0) is 38.5 Å². The Bertz CT molecular complexity index is 203. The number of carboxylic acid groups (broad SMARTS) is 1. The maximum absolute atomic E-state index is 9.00. The number of hydrogen-bond donors (Lipinski definition) is 1. The van der Waals surface area contributed by atoms with Crippen molar-refractivity contribution in [2.45, 2.75) is 71.6 Å². The quantitative estimate of drug-likeness (QED) is 0.421. The van der Waals surface area contributed by atoms with E-state index < -0.39 is 5.97 Å². The highest BCUT2D eigenvalue weighted by Gasteiger charge is 1.85. The van der Waals surface area contributed by atoms with Crippen molar-refractivity contribution in [3.05, 3.63) is 24.8 Å². The third kappa shape index (κ3) is 29.4. The Morgan fingerprint density at radius 1 is 1.00 bits per heavy atom. The van der Waals surface area contributed by atoms with E-state index >= 15 is 0 Å². The van der Waals surface area contributed by atoms with Crippen LogP contribution >= 0.6 is 0 Å². The van der Waals surface area contributed by atoms with Gasteiger partial charge in [0.05, 0.1) is 0 Å². The van der Waals surface area contributed by atoms with E-state index in [1.54, 1.807) is 0 Å². The van der Waals surface area contributed by atoms with Gasteiger partial charge in [-0.15, -0.1) is 6.58 Å². The van der Waals surface area contributed by atoms with Gasteiger partial charge in [0.25, 0.3) is 5.97 Å². The van der Waals surface area contributed by atoms with E-state index in [0.29, 0.717) is 0 Å². The van der Waals surface area contributed by atoms with Crippen LogP contribution in [0.1, 0.15) is 71.6 Å². The van der Waals surface area contributed by atoms with Gasteiger partial charge in [0, 0.05) is 6.92 Å². The Labute approximate surface area is 113 Å². The van der Waals surface area contributed by atoms with Crippen LogP contribution < -0.4 is 0 Å². The number of aliphatic carboxylic acids is 1. The lowest BCUT2D eigenvalue weighted by Gasteiger charge is -1.95.